The molecule has 0 N–H and O–H groups in total. The molecule has 2 rings (SSSR count). The van der Waals surface area contributed by atoms with Gasteiger partial charge in [0.15, 0.2) is 8.32 Å². The standard InChI is InChI=1S/C74H198O31Si31/c1-106(2,3)76-108(6,7)78-110(10,11)80-112(14,15)82-114(18,19)84-116(22,23)86-118(26,27)88-120(30,31)90-122(34,35)92-124(38,39)94-126(42,43)96-128(46,47)98-130(50,51)100-132(54,55)102-134(58,59)104-136(62,63)105-135(60,61)103-133(56,57)101-131(52,53)99-129(48,49)97-127(44,45)95-125(40,41)93-123(36,37)91-121(32,33)89-119(28,29)87-117(24,25)85-115(20,21)83-113(16,17)81-111(12,13)79-109(8,9)77-107(4,5)71-75-74-69-68-72-66-64-65-67-73(72)70-74/h64-70H,71H2,1-63H3. The molecule has 0 aliphatic carbocycles. The van der Waals surface area contributed by atoms with Crippen molar-refractivity contribution in [3.05, 3.63) is 42.5 Å². The topological polar surface area (TPSA) is 286 Å². The normalized spacial score (nSPS) is 15.9. The van der Waals surface area contributed by atoms with Crippen LogP contribution in [0.3, 0.4) is 0 Å². The van der Waals surface area contributed by atoms with E-state index in [9.17, 15) is 0 Å². The maximum absolute atomic E-state index is 7.05. The number of benzene rings is 2. The molecule has 0 saturated carbocycles. The van der Waals surface area contributed by atoms with Crippen LogP contribution in [-0.4, -0.2) is 271 Å². The number of hydrogen-bond donors (Lipinski definition) is 0. The van der Waals surface area contributed by atoms with Crippen molar-refractivity contribution in [2.24, 2.45) is 0 Å². The Morgan fingerprint density at radius 2 is 0.250 bits per heavy atom. The van der Waals surface area contributed by atoms with E-state index in [4.69, 9.17) is 128 Å². The van der Waals surface area contributed by atoms with E-state index in [0.29, 0.717) is 6.23 Å². The van der Waals surface area contributed by atoms with Crippen LogP contribution in [-0.2, 0) is 123 Å². The Labute approximate surface area is 862 Å². The van der Waals surface area contributed by atoms with Gasteiger partial charge in [-0.25, -0.2) is 0 Å². The molecule has 0 saturated heterocycles. The molecule has 804 valence electrons. The van der Waals surface area contributed by atoms with Gasteiger partial charge in [0.2, 0.25) is 8.32 Å². The zero-order valence-corrected chi connectivity index (χ0v) is 128. The van der Waals surface area contributed by atoms with Crippen LogP contribution < -0.4 is 4.74 Å². The van der Waals surface area contributed by atoms with Gasteiger partial charge in [0.05, 0.1) is 0 Å². The van der Waals surface area contributed by atoms with E-state index >= 15 is 0 Å². The van der Waals surface area contributed by atoms with Crippen LogP contribution in [0.1, 0.15) is 0 Å². The van der Waals surface area contributed by atoms with Crippen molar-refractivity contribution in [2.75, 3.05) is 6.23 Å². The first-order valence-corrected chi connectivity index (χ1v) is 136. The smallest absolute Gasteiger partial charge is 0.314 e. The Bertz CT molecular complexity index is 4000. The summed E-state index contributed by atoms with van der Waals surface area (Å²) in [6.45, 7) is 130. The van der Waals surface area contributed by atoms with Gasteiger partial charge >= 0.3 is 248 Å². The molecule has 2 aromatic carbocycles. The maximum atomic E-state index is 7.05. The van der Waals surface area contributed by atoms with Gasteiger partial charge in [-0.15, -0.1) is 0 Å². The van der Waals surface area contributed by atoms with Crippen LogP contribution in [0.4, 0.5) is 0 Å². The van der Waals surface area contributed by atoms with E-state index in [0.717, 1.165) is 11.1 Å². The lowest BCUT2D eigenvalue weighted by Gasteiger charge is -2.45. The highest BCUT2D eigenvalue weighted by atomic mass is 28.6. The van der Waals surface area contributed by atoms with Crippen LogP contribution in [0.25, 0.3) is 10.8 Å². The van der Waals surface area contributed by atoms with Crippen LogP contribution >= 0.6 is 0 Å². The van der Waals surface area contributed by atoms with Crippen molar-refractivity contribution in [3.63, 3.8) is 0 Å². The molecule has 0 aromatic heterocycles. The second kappa shape index (κ2) is 46.7. The summed E-state index contributed by atoms with van der Waals surface area (Å²) in [5.74, 6) is 0.828. The highest BCUT2D eigenvalue weighted by Gasteiger charge is 2.59. The fourth-order valence-corrected chi connectivity index (χ4v) is 180. The zero-order valence-electron chi connectivity index (χ0n) is 97.4. The van der Waals surface area contributed by atoms with Gasteiger partial charge in [-0.3, -0.25) is 0 Å². The van der Waals surface area contributed by atoms with Crippen molar-refractivity contribution in [3.8, 4) is 5.75 Å². The first-order valence-electron chi connectivity index (χ1n) is 47.9. The summed E-state index contributed by atoms with van der Waals surface area (Å²) in [6.07, 6.45) is 0.493. The van der Waals surface area contributed by atoms with Gasteiger partial charge in [-0.2, -0.15) is 0 Å². The Kier molecular flexibility index (Phi) is 46.8. The van der Waals surface area contributed by atoms with Crippen LogP contribution in [0.15, 0.2) is 42.5 Å². The lowest BCUT2D eigenvalue weighted by Crippen LogP contribution is -2.63. The molecule has 0 heterocycles. The van der Waals surface area contributed by atoms with Crippen molar-refractivity contribution in [2.45, 2.75) is 412 Å². The highest BCUT2D eigenvalue weighted by molar-refractivity contribution is 6.99. The van der Waals surface area contributed by atoms with Crippen molar-refractivity contribution >= 4 is 276 Å². The van der Waals surface area contributed by atoms with E-state index in [2.05, 4.69) is 437 Å². The molecule has 136 heavy (non-hydrogen) atoms. The van der Waals surface area contributed by atoms with Gasteiger partial charge in [0.1, 0.15) is 12.0 Å². The van der Waals surface area contributed by atoms with Crippen molar-refractivity contribution < 1.29 is 128 Å². The third-order valence-corrected chi connectivity index (χ3v) is 137. The average Bonchev–Trinajstić information content (AvgIpc) is 0.792. The number of hydrogen-bond acceptors (Lipinski definition) is 31. The fourth-order valence-electron chi connectivity index (χ4n) is 20.1. The van der Waals surface area contributed by atoms with Gasteiger partial charge in [-0.1, -0.05) is 30.3 Å². The molecule has 62 heteroatoms. The summed E-state index contributed by atoms with van der Waals surface area (Å²) in [5.41, 5.74) is 0. The second-order valence-electron chi connectivity index (χ2n) is 50.3. The Balaban J connectivity index is 2.05. The number of ether oxygens (including phenoxy) is 1. The molecule has 31 nitrogen and oxygen atoms in total. The summed E-state index contributed by atoms with van der Waals surface area (Å²) in [4.78, 5) is 0. The van der Waals surface area contributed by atoms with E-state index in [-0.39, 0.29) is 0 Å². The van der Waals surface area contributed by atoms with Crippen molar-refractivity contribution in [1.29, 1.82) is 0 Å². The molecule has 0 bridgehead atoms. The van der Waals surface area contributed by atoms with E-state index < -0.39 is 265 Å². The summed E-state index contributed by atoms with van der Waals surface area (Å²) in [6, 6.07) is 14.5. The third-order valence-electron chi connectivity index (χ3n) is 17.1. The Morgan fingerprint density at radius 1 is 0.132 bits per heavy atom. The molecule has 0 amide bonds. The summed E-state index contributed by atoms with van der Waals surface area (Å²) < 4.78 is 215. The lowest BCUT2D eigenvalue weighted by atomic mass is 10.1. The fraction of sp³-hybridized carbons (Fsp3) is 0.865. The Hall–Kier alpha value is 4.02. The predicted octanol–water partition coefficient (Wildman–Crippen LogP) is 25.6. The number of fused-ring (bicyclic) bond motifs is 1. The molecule has 0 radical (unpaired) electrons. The SMILES string of the molecule is C[Si](C)(C)O[Si](C)(C)O[Si](C)(C)O[Si](C)(C)O[Si](C)(C)O[Si](C)(C)O[Si](C)(C)O[Si](C)(C)O[Si](C)(C)O[Si](C)(C)O[Si](C)(C)O[Si](C)(C)O[Si](C)(C)O[Si](C)(C)O[Si](C)(C)O[Si](C)(C)O[Si](C)(C)O[Si](C)(C)O[Si](C)(C)O[Si](C)(C)O[Si](C)(C)O[Si](C)(C)O[Si](C)(C)O[Si](C)(C)O[Si](C)(C)O[Si](C)(C)O[Si](C)(C)O[Si](C)(C)O[Si](C)(C)O[Si](C)(C)O[Si](C)(C)COc1ccc2ccccc2c1. The minimum atomic E-state index is -2.95. The molecular formula is C74H198O31Si31. The zero-order chi connectivity index (χ0) is 108. The molecular weight excluding hydrogens is 2260 g/mol. The largest absolute Gasteiger partial charge is 0.494 e. The molecule has 0 spiro atoms. The molecule has 0 unspecified atom stereocenters. The van der Waals surface area contributed by atoms with Gasteiger partial charge in [0, 0.05) is 0 Å². The van der Waals surface area contributed by atoms with Gasteiger partial charge < -0.3 is 128 Å². The third kappa shape index (κ3) is 58.7. The first-order chi connectivity index (χ1) is 58.8. The van der Waals surface area contributed by atoms with Crippen LogP contribution in [0.2, 0.25) is 412 Å². The summed E-state index contributed by atoms with van der Waals surface area (Å²) in [7, 11) is -87.4. The van der Waals surface area contributed by atoms with Gasteiger partial charge in [-0.05, 0) is 435 Å². The van der Waals surface area contributed by atoms with Gasteiger partial charge in [0.25, 0.3) is 0 Å². The molecule has 0 atom stereocenters. The molecule has 0 fully saturated rings. The minimum Gasteiger partial charge on any atom is -0.494 e. The van der Waals surface area contributed by atoms with E-state index in [1.807, 2.05) is 18.2 Å². The molecule has 2 aromatic rings. The molecule has 0 aliphatic heterocycles. The highest BCUT2D eigenvalue weighted by Crippen LogP contribution is 2.40. The van der Waals surface area contributed by atoms with E-state index in [1.54, 1.807) is 0 Å². The summed E-state index contributed by atoms with van der Waals surface area (Å²) in [5, 5.41) is 2.32. The predicted molar refractivity (Wildman–Crippen MR) is 630 cm³/mol. The van der Waals surface area contributed by atoms with Crippen molar-refractivity contribution in [1.82, 2.24) is 0 Å². The minimum absolute atomic E-state index is 0.493. The number of rotatable bonds is 63. The van der Waals surface area contributed by atoms with E-state index in [1.165, 1.54) is 5.39 Å². The Morgan fingerprint density at radius 3 is 0.382 bits per heavy atom. The van der Waals surface area contributed by atoms with Crippen LogP contribution in [0.5, 0.6) is 5.75 Å². The maximum Gasteiger partial charge on any atom is 0.314 e. The second-order valence-corrected chi connectivity index (χ2v) is 164. The monoisotopic (exact) mass is 2450 g/mol. The summed E-state index contributed by atoms with van der Waals surface area (Å²) >= 11 is 0. The first kappa shape index (κ1) is 136. The quantitative estimate of drug-likeness (QED) is 0.0556. The average molecular weight is 2460 g/mol. The van der Waals surface area contributed by atoms with Crippen LogP contribution in [0, 0.1) is 0 Å². The molecule has 0 aliphatic rings. The lowest BCUT2D eigenvalue weighted by molar-refractivity contribution is 0.242.